The van der Waals surface area contributed by atoms with Gasteiger partial charge in [0.25, 0.3) is 0 Å². The van der Waals surface area contributed by atoms with Crippen LogP contribution >= 0.6 is 15.9 Å². The average molecular weight is 304 g/mol. The summed E-state index contributed by atoms with van der Waals surface area (Å²) in [7, 11) is 0. The normalized spacial score (nSPS) is 12.2. The maximum absolute atomic E-state index is 12.9. The van der Waals surface area contributed by atoms with Crippen molar-refractivity contribution in [1.29, 1.82) is 0 Å². The molecule has 0 spiro atoms. The number of hydrogen-bond acceptors (Lipinski definition) is 3. The summed E-state index contributed by atoms with van der Waals surface area (Å²) in [6.45, 7) is 4.34. The van der Waals surface area contributed by atoms with Crippen molar-refractivity contribution in [3.63, 3.8) is 0 Å². The van der Waals surface area contributed by atoms with Gasteiger partial charge in [0.05, 0.1) is 6.61 Å². The minimum atomic E-state index is -0.382. The van der Waals surface area contributed by atoms with Gasteiger partial charge in [0.1, 0.15) is 11.9 Å². The summed E-state index contributed by atoms with van der Waals surface area (Å²) in [6.07, 6.45) is 0. The van der Waals surface area contributed by atoms with Crippen LogP contribution in [0.2, 0.25) is 0 Å². The van der Waals surface area contributed by atoms with Gasteiger partial charge in [-0.2, -0.15) is 0 Å². The molecule has 1 aromatic rings. The summed E-state index contributed by atoms with van der Waals surface area (Å²) >= 11 is 3.27. The fourth-order valence-corrected chi connectivity index (χ4v) is 1.77. The highest BCUT2D eigenvalue weighted by atomic mass is 79.9. The van der Waals surface area contributed by atoms with Crippen LogP contribution < -0.4 is 5.32 Å². The van der Waals surface area contributed by atoms with E-state index in [0.29, 0.717) is 17.6 Å². The van der Waals surface area contributed by atoms with Crippen LogP contribution in [0, 0.1) is 5.82 Å². The summed E-state index contributed by atoms with van der Waals surface area (Å²) in [5, 5.41) is 3.02. The molecule has 0 aliphatic rings. The molecule has 1 atom stereocenters. The minimum absolute atomic E-state index is 0.286. The third kappa shape index (κ3) is 4.44. The van der Waals surface area contributed by atoms with E-state index >= 15 is 0 Å². The number of carbonyl (C=O) groups is 1. The quantitative estimate of drug-likeness (QED) is 0.850. The molecule has 5 heteroatoms. The highest BCUT2D eigenvalue weighted by Gasteiger charge is 2.13. The molecule has 0 heterocycles. The number of ether oxygens (including phenoxy) is 1. The molecule has 0 saturated heterocycles. The molecule has 94 valence electrons. The van der Waals surface area contributed by atoms with Gasteiger partial charge in [-0.15, -0.1) is 0 Å². The Balaban J connectivity index is 2.52. The summed E-state index contributed by atoms with van der Waals surface area (Å²) in [5.74, 6) is -0.579. The summed E-state index contributed by atoms with van der Waals surface area (Å²) < 4.78 is 18.4. The first kappa shape index (κ1) is 14.1. The van der Waals surface area contributed by atoms with Crippen molar-refractivity contribution < 1.29 is 13.9 Å². The molecule has 0 bridgehead atoms. The maximum Gasteiger partial charge on any atom is 0.322 e. The summed E-state index contributed by atoms with van der Waals surface area (Å²) in [6, 6.07) is 4.07. The van der Waals surface area contributed by atoms with Gasteiger partial charge in [-0.1, -0.05) is 22.0 Å². The Kier molecular flexibility index (Phi) is 5.58. The van der Waals surface area contributed by atoms with Crippen LogP contribution in [0.3, 0.4) is 0 Å². The zero-order valence-electron chi connectivity index (χ0n) is 9.80. The Morgan fingerprint density at radius 1 is 1.59 bits per heavy atom. The molecule has 1 rings (SSSR count). The van der Waals surface area contributed by atoms with Gasteiger partial charge in [0, 0.05) is 11.0 Å². The third-order valence-corrected chi connectivity index (χ3v) is 2.99. The van der Waals surface area contributed by atoms with E-state index in [1.807, 2.05) is 0 Å². The van der Waals surface area contributed by atoms with Crippen LogP contribution in [0.1, 0.15) is 19.4 Å². The zero-order valence-corrected chi connectivity index (χ0v) is 11.4. The first-order valence-electron chi connectivity index (χ1n) is 5.38. The smallest absolute Gasteiger partial charge is 0.322 e. The van der Waals surface area contributed by atoms with E-state index < -0.39 is 0 Å². The molecular weight excluding hydrogens is 289 g/mol. The number of esters is 1. The summed E-state index contributed by atoms with van der Waals surface area (Å²) in [4.78, 5) is 11.3. The highest BCUT2D eigenvalue weighted by molar-refractivity contribution is 9.10. The molecule has 0 aliphatic carbocycles. The van der Waals surface area contributed by atoms with Crippen LogP contribution in [0.4, 0.5) is 4.39 Å². The number of halogens is 2. The number of nitrogens with one attached hydrogen (secondary N) is 1. The largest absolute Gasteiger partial charge is 0.465 e. The fourth-order valence-electron chi connectivity index (χ4n) is 1.28. The van der Waals surface area contributed by atoms with E-state index in [9.17, 15) is 9.18 Å². The summed E-state index contributed by atoms with van der Waals surface area (Å²) in [5.41, 5.74) is 0.891. The van der Waals surface area contributed by atoms with E-state index in [2.05, 4.69) is 21.2 Å². The van der Waals surface area contributed by atoms with Crippen molar-refractivity contribution in [2.75, 3.05) is 6.61 Å². The standard InChI is InChI=1S/C12H15BrFNO2/c1-3-17-12(16)8(2)15-7-9-4-5-10(14)6-11(9)13/h4-6,8,15H,3,7H2,1-2H3. The molecule has 0 amide bonds. The zero-order chi connectivity index (χ0) is 12.8. The van der Waals surface area contributed by atoms with Crippen LogP contribution in [0.15, 0.2) is 22.7 Å². The lowest BCUT2D eigenvalue weighted by atomic mass is 10.2. The van der Waals surface area contributed by atoms with Crippen molar-refractivity contribution in [1.82, 2.24) is 5.32 Å². The van der Waals surface area contributed by atoms with Crippen LogP contribution in [0.5, 0.6) is 0 Å². The second-order valence-corrected chi connectivity index (χ2v) is 4.44. The van der Waals surface area contributed by atoms with Crippen molar-refractivity contribution in [3.8, 4) is 0 Å². The van der Waals surface area contributed by atoms with Gasteiger partial charge in [-0.25, -0.2) is 4.39 Å². The van der Waals surface area contributed by atoms with Crippen LogP contribution in [0.25, 0.3) is 0 Å². The van der Waals surface area contributed by atoms with Gasteiger partial charge in [-0.05, 0) is 31.5 Å². The van der Waals surface area contributed by atoms with E-state index in [0.717, 1.165) is 5.56 Å². The number of benzene rings is 1. The van der Waals surface area contributed by atoms with Crippen LogP contribution in [-0.4, -0.2) is 18.6 Å². The highest BCUT2D eigenvalue weighted by Crippen LogP contribution is 2.17. The van der Waals surface area contributed by atoms with Gasteiger partial charge >= 0.3 is 5.97 Å². The van der Waals surface area contributed by atoms with Crippen molar-refractivity contribution in [2.24, 2.45) is 0 Å². The van der Waals surface area contributed by atoms with E-state index in [1.54, 1.807) is 19.9 Å². The van der Waals surface area contributed by atoms with E-state index in [4.69, 9.17) is 4.74 Å². The molecule has 0 saturated carbocycles. The Morgan fingerprint density at radius 3 is 2.88 bits per heavy atom. The van der Waals surface area contributed by atoms with Crippen LogP contribution in [-0.2, 0) is 16.1 Å². The molecule has 1 N–H and O–H groups in total. The molecule has 0 aliphatic heterocycles. The predicted octanol–water partition coefficient (Wildman–Crippen LogP) is 2.63. The third-order valence-electron chi connectivity index (χ3n) is 2.25. The SMILES string of the molecule is CCOC(=O)C(C)NCc1ccc(F)cc1Br. The van der Waals surface area contributed by atoms with Crippen molar-refractivity contribution >= 4 is 21.9 Å². The maximum atomic E-state index is 12.9. The molecule has 0 aromatic heterocycles. The van der Waals surface area contributed by atoms with Crippen molar-refractivity contribution in [2.45, 2.75) is 26.4 Å². The Labute approximate surface area is 108 Å². The Hall–Kier alpha value is -0.940. The minimum Gasteiger partial charge on any atom is -0.465 e. The molecule has 0 radical (unpaired) electrons. The molecule has 0 fully saturated rings. The first-order chi connectivity index (χ1) is 8.04. The molecule has 1 unspecified atom stereocenters. The molecule has 3 nitrogen and oxygen atoms in total. The second kappa shape index (κ2) is 6.71. The lowest BCUT2D eigenvalue weighted by Gasteiger charge is -2.13. The van der Waals surface area contributed by atoms with Gasteiger partial charge in [-0.3, -0.25) is 4.79 Å². The average Bonchev–Trinajstić information content (AvgIpc) is 2.27. The second-order valence-electron chi connectivity index (χ2n) is 3.59. The Morgan fingerprint density at radius 2 is 2.29 bits per heavy atom. The topological polar surface area (TPSA) is 38.3 Å². The van der Waals surface area contributed by atoms with Crippen molar-refractivity contribution in [3.05, 3.63) is 34.1 Å². The van der Waals surface area contributed by atoms with Gasteiger partial charge in [0.2, 0.25) is 0 Å². The van der Waals surface area contributed by atoms with Gasteiger partial charge in [0.15, 0.2) is 0 Å². The number of hydrogen-bond donors (Lipinski definition) is 1. The monoisotopic (exact) mass is 303 g/mol. The lowest BCUT2D eigenvalue weighted by Crippen LogP contribution is -2.34. The molecule has 1 aromatic carbocycles. The lowest BCUT2D eigenvalue weighted by molar-refractivity contribution is -0.145. The fraction of sp³-hybridized carbons (Fsp3) is 0.417. The molecular formula is C12H15BrFNO2. The van der Waals surface area contributed by atoms with E-state index in [-0.39, 0.29) is 17.8 Å². The first-order valence-corrected chi connectivity index (χ1v) is 6.17. The predicted molar refractivity (Wildman–Crippen MR) is 67.0 cm³/mol. The number of carbonyl (C=O) groups excluding carboxylic acids is 1. The number of rotatable bonds is 5. The van der Waals surface area contributed by atoms with E-state index in [1.165, 1.54) is 12.1 Å². The Bertz CT molecular complexity index is 398. The molecule has 17 heavy (non-hydrogen) atoms. The van der Waals surface area contributed by atoms with Gasteiger partial charge < -0.3 is 10.1 Å².